The molecule has 2 amide bonds. The van der Waals surface area contributed by atoms with Crippen molar-refractivity contribution in [3.05, 3.63) is 144 Å². The van der Waals surface area contributed by atoms with Crippen LogP contribution in [0.4, 0.5) is 0 Å². The minimum absolute atomic E-state index is 0.000418. The summed E-state index contributed by atoms with van der Waals surface area (Å²) >= 11 is 0. The molecule has 3 aromatic rings. The Morgan fingerprint density at radius 1 is 0.825 bits per heavy atom. The number of amides is 2. The molecule has 0 saturated heterocycles. The topological polar surface area (TPSA) is 98.7 Å². The number of rotatable bonds is 11. The zero-order valence-corrected chi connectivity index (χ0v) is 22.4. The number of benzene rings is 3. The van der Waals surface area contributed by atoms with Crippen molar-refractivity contribution in [1.29, 1.82) is 0 Å². The van der Waals surface area contributed by atoms with Crippen LogP contribution in [0.5, 0.6) is 0 Å². The highest BCUT2D eigenvalue weighted by molar-refractivity contribution is 5.96. The van der Waals surface area contributed by atoms with Crippen LogP contribution >= 0.6 is 0 Å². The molecule has 1 atom stereocenters. The van der Waals surface area contributed by atoms with Gasteiger partial charge in [0.05, 0.1) is 0 Å². The quantitative estimate of drug-likeness (QED) is 0.294. The first kappa shape index (κ1) is 28.1. The van der Waals surface area contributed by atoms with Gasteiger partial charge in [-0.2, -0.15) is 0 Å². The van der Waals surface area contributed by atoms with Crippen molar-refractivity contribution in [3.63, 3.8) is 0 Å². The lowest BCUT2D eigenvalue weighted by atomic mass is 9.85. The van der Waals surface area contributed by atoms with Crippen LogP contribution in [0.1, 0.15) is 52.7 Å². The van der Waals surface area contributed by atoms with Crippen LogP contribution in [0.2, 0.25) is 0 Å². The lowest BCUT2D eigenvalue weighted by Crippen LogP contribution is -2.41. The summed E-state index contributed by atoms with van der Waals surface area (Å²) in [5, 5.41) is 15.5. The van der Waals surface area contributed by atoms with E-state index in [-0.39, 0.29) is 18.2 Å². The third kappa shape index (κ3) is 7.35. The number of hydrogen-bond acceptors (Lipinski definition) is 4. The van der Waals surface area contributed by atoms with Crippen LogP contribution in [0.25, 0.3) is 0 Å². The number of carbonyl (C=O) groups is 3. The smallest absolute Gasteiger partial charge is 0.326 e. The fourth-order valence-corrected chi connectivity index (χ4v) is 4.71. The van der Waals surface area contributed by atoms with E-state index >= 15 is 0 Å². The molecule has 1 aliphatic rings. The summed E-state index contributed by atoms with van der Waals surface area (Å²) in [5.74, 6) is -1.13. The van der Waals surface area contributed by atoms with Gasteiger partial charge in [-0.15, -0.1) is 0 Å². The van der Waals surface area contributed by atoms with Gasteiger partial charge in [0.25, 0.3) is 5.91 Å². The molecule has 40 heavy (non-hydrogen) atoms. The molecule has 0 bridgehead atoms. The summed E-state index contributed by atoms with van der Waals surface area (Å²) in [6.45, 7) is 1.77. The molecule has 0 fully saturated rings. The van der Waals surface area contributed by atoms with Gasteiger partial charge in [-0.1, -0.05) is 84.9 Å². The zero-order valence-electron chi connectivity index (χ0n) is 22.4. The third-order valence-corrected chi connectivity index (χ3v) is 6.72. The van der Waals surface area contributed by atoms with Gasteiger partial charge in [-0.05, 0) is 53.8 Å². The van der Waals surface area contributed by atoms with E-state index in [4.69, 9.17) is 0 Å². The van der Waals surface area contributed by atoms with E-state index in [1.807, 2.05) is 66.8 Å². The fourth-order valence-electron chi connectivity index (χ4n) is 4.71. The second kappa shape index (κ2) is 13.8. The molecule has 0 spiro atoms. The molecule has 4 rings (SSSR count). The van der Waals surface area contributed by atoms with Gasteiger partial charge in [-0.25, -0.2) is 4.79 Å². The molecule has 0 saturated carbocycles. The van der Waals surface area contributed by atoms with Gasteiger partial charge in [0.1, 0.15) is 11.9 Å². The highest BCUT2D eigenvalue weighted by Gasteiger charge is 2.23. The largest absolute Gasteiger partial charge is 0.480 e. The van der Waals surface area contributed by atoms with Gasteiger partial charge in [0.2, 0.25) is 5.91 Å². The average molecular weight is 536 g/mol. The Bertz CT molecular complexity index is 1360. The maximum Gasteiger partial charge on any atom is 0.326 e. The average Bonchev–Trinajstić information content (AvgIpc) is 3.25. The van der Waals surface area contributed by atoms with Crippen molar-refractivity contribution in [1.82, 2.24) is 15.5 Å². The maximum absolute atomic E-state index is 13.0. The number of allylic oxidation sites excluding steroid dienone is 4. The highest BCUT2D eigenvalue weighted by Crippen LogP contribution is 2.31. The number of carbonyl (C=O) groups excluding carboxylic acids is 2. The Balaban J connectivity index is 1.42. The van der Waals surface area contributed by atoms with E-state index < -0.39 is 17.9 Å². The van der Waals surface area contributed by atoms with E-state index in [2.05, 4.69) is 34.9 Å². The van der Waals surface area contributed by atoms with Gasteiger partial charge in [0, 0.05) is 31.1 Å². The number of carboxylic acids is 1. The van der Waals surface area contributed by atoms with Crippen molar-refractivity contribution in [2.45, 2.75) is 31.7 Å². The minimum atomic E-state index is -1.12. The predicted molar refractivity (Wildman–Crippen MR) is 155 cm³/mol. The predicted octanol–water partition coefficient (Wildman–Crippen LogP) is 5.19. The lowest BCUT2D eigenvalue weighted by Gasteiger charge is -2.24. The Morgan fingerprint density at radius 2 is 1.43 bits per heavy atom. The van der Waals surface area contributed by atoms with Crippen molar-refractivity contribution in [3.8, 4) is 0 Å². The monoisotopic (exact) mass is 535 g/mol. The van der Waals surface area contributed by atoms with Crippen molar-refractivity contribution < 1.29 is 19.5 Å². The standard InChI is InChI=1S/C33H33N3O4/c1-24(37)36(30-17-9-4-10-22-34-30)23-11-16-29(33(39)40)35-32(38)28-20-18-27(19-21-28)31(25-12-5-2-6-13-25)26-14-7-3-8-15-26/h2-10,12-15,17-22,29,31,34H,11,16,23H2,1H3,(H,35,38)(H,39,40)/t29-/m0/s1. The van der Waals surface area contributed by atoms with Crippen LogP contribution in [0.3, 0.4) is 0 Å². The van der Waals surface area contributed by atoms with Crippen molar-refractivity contribution in [2.24, 2.45) is 0 Å². The summed E-state index contributed by atoms with van der Waals surface area (Å²) in [4.78, 5) is 38.7. The summed E-state index contributed by atoms with van der Waals surface area (Å²) in [7, 11) is 0. The second-order valence-corrected chi connectivity index (χ2v) is 9.49. The number of nitrogens with one attached hydrogen (secondary N) is 2. The molecule has 3 aromatic carbocycles. The van der Waals surface area contributed by atoms with Gasteiger partial charge < -0.3 is 15.7 Å². The first-order chi connectivity index (χ1) is 19.4. The molecule has 204 valence electrons. The Labute approximate surface area is 234 Å². The molecule has 1 aliphatic heterocycles. The van der Waals surface area contributed by atoms with Gasteiger partial charge in [0.15, 0.2) is 0 Å². The fraction of sp³-hybridized carbons (Fsp3) is 0.182. The van der Waals surface area contributed by atoms with Crippen LogP contribution in [0.15, 0.2) is 121 Å². The van der Waals surface area contributed by atoms with E-state index in [1.54, 1.807) is 29.3 Å². The summed E-state index contributed by atoms with van der Waals surface area (Å²) in [6.07, 6.45) is 9.53. The Morgan fingerprint density at radius 3 is 2.00 bits per heavy atom. The molecule has 3 N–H and O–H groups in total. The van der Waals surface area contributed by atoms with Crippen molar-refractivity contribution in [2.75, 3.05) is 6.54 Å². The van der Waals surface area contributed by atoms with E-state index in [0.29, 0.717) is 24.4 Å². The Hall–Kier alpha value is -4.91. The molecular formula is C33H33N3O4. The molecule has 7 heteroatoms. The highest BCUT2D eigenvalue weighted by atomic mass is 16.4. The zero-order chi connectivity index (χ0) is 28.3. The normalized spacial score (nSPS) is 13.1. The molecule has 1 heterocycles. The SMILES string of the molecule is CC(=O)N(CCC[C@H](NC(=O)c1ccc(C(c2ccccc2)c2ccccc2)cc1)C(=O)O)C1=CC=CC=CN1. The summed E-state index contributed by atoms with van der Waals surface area (Å²) in [5.41, 5.74) is 3.68. The van der Waals surface area contributed by atoms with E-state index in [1.165, 1.54) is 6.92 Å². The second-order valence-electron chi connectivity index (χ2n) is 9.49. The van der Waals surface area contributed by atoms with Gasteiger partial charge >= 0.3 is 5.97 Å². The van der Waals surface area contributed by atoms with Crippen LogP contribution in [-0.2, 0) is 9.59 Å². The van der Waals surface area contributed by atoms with Crippen molar-refractivity contribution >= 4 is 17.8 Å². The molecule has 0 unspecified atom stereocenters. The first-order valence-electron chi connectivity index (χ1n) is 13.3. The molecule has 7 nitrogen and oxygen atoms in total. The Kier molecular flexibility index (Phi) is 9.67. The van der Waals surface area contributed by atoms with E-state index in [0.717, 1.165) is 16.7 Å². The number of nitrogens with zero attached hydrogens (tertiary/aromatic N) is 1. The summed E-state index contributed by atoms with van der Waals surface area (Å²) < 4.78 is 0. The third-order valence-electron chi connectivity index (χ3n) is 6.72. The van der Waals surface area contributed by atoms with Crippen LogP contribution in [-0.4, -0.2) is 40.4 Å². The molecule has 0 radical (unpaired) electrons. The molecule has 0 aromatic heterocycles. The number of hydrogen-bond donors (Lipinski definition) is 3. The minimum Gasteiger partial charge on any atom is -0.480 e. The number of aliphatic carboxylic acids is 1. The maximum atomic E-state index is 13.0. The van der Waals surface area contributed by atoms with Gasteiger partial charge in [-0.3, -0.25) is 14.5 Å². The first-order valence-corrected chi connectivity index (χ1v) is 13.3. The molecule has 0 aliphatic carbocycles. The summed E-state index contributed by atoms with van der Waals surface area (Å²) in [6, 6.07) is 26.5. The lowest BCUT2D eigenvalue weighted by molar-refractivity contribution is -0.139. The molecular weight excluding hydrogens is 502 g/mol. The number of carboxylic acid groups (broad SMARTS) is 1. The van der Waals surface area contributed by atoms with Crippen LogP contribution in [0, 0.1) is 0 Å². The van der Waals surface area contributed by atoms with E-state index in [9.17, 15) is 19.5 Å². The van der Waals surface area contributed by atoms with Crippen LogP contribution < -0.4 is 10.6 Å².